The maximum absolute atomic E-state index is 12.4. The van der Waals surface area contributed by atoms with Crippen LogP contribution in [-0.4, -0.2) is 17.4 Å². The summed E-state index contributed by atoms with van der Waals surface area (Å²) in [5.41, 5.74) is -0.448. The van der Waals surface area contributed by atoms with Crippen LogP contribution >= 0.6 is 0 Å². The zero-order valence-corrected chi connectivity index (χ0v) is 15.1. The Labute approximate surface area is 159 Å². The molecule has 0 unspecified atom stereocenters. The van der Waals surface area contributed by atoms with Gasteiger partial charge in [0.15, 0.2) is 0 Å². The summed E-state index contributed by atoms with van der Waals surface area (Å²) in [6.45, 7) is 2.67. The predicted octanol–water partition coefficient (Wildman–Crippen LogP) is 4.13. The van der Waals surface area contributed by atoms with Crippen molar-refractivity contribution in [3.05, 3.63) is 74.6 Å². The Morgan fingerprint density at radius 3 is 2.61 bits per heavy atom. The van der Waals surface area contributed by atoms with Gasteiger partial charge in [0, 0.05) is 23.1 Å². The largest absolute Gasteiger partial charge is 0.494 e. The summed E-state index contributed by atoms with van der Waals surface area (Å²) in [6, 6.07) is 11.7. The lowest BCUT2D eigenvalue weighted by atomic mass is 10.2. The molecular weight excluding hydrogens is 364 g/mol. The predicted molar refractivity (Wildman–Crippen MR) is 104 cm³/mol. The number of benzene rings is 2. The molecule has 1 N–H and O–H groups in total. The van der Waals surface area contributed by atoms with E-state index >= 15 is 0 Å². The average molecular weight is 382 g/mol. The SMILES string of the molecule is CCCCOc1ccc(C(=O)Nc2cc3cc([N+](=O)[O-])ccc3oc2=O)cc1. The average Bonchev–Trinajstić information content (AvgIpc) is 2.69. The number of non-ortho nitro benzene ring substituents is 1. The number of nitro groups is 1. The number of anilines is 1. The number of rotatable bonds is 7. The van der Waals surface area contributed by atoms with Gasteiger partial charge in [-0.25, -0.2) is 4.79 Å². The van der Waals surface area contributed by atoms with E-state index in [1.54, 1.807) is 24.3 Å². The summed E-state index contributed by atoms with van der Waals surface area (Å²) in [5, 5.41) is 13.7. The molecule has 144 valence electrons. The van der Waals surface area contributed by atoms with E-state index in [0.29, 0.717) is 23.3 Å². The fourth-order valence-corrected chi connectivity index (χ4v) is 2.54. The van der Waals surface area contributed by atoms with E-state index in [1.807, 2.05) is 0 Å². The molecule has 1 heterocycles. The summed E-state index contributed by atoms with van der Waals surface area (Å²) in [5.74, 6) is 0.153. The van der Waals surface area contributed by atoms with Gasteiger partial charge in [-0.2, -0.15) is 0 Å². The van der Waals surface area contributed by atoms with Crippen LogP contribution in [0.25, 0.3) is 11.0 Å². The number of nitrogens with one attached hydrogen (secondary N) is 1. The number of ether oxygens (including phenoxy) is 1. The normalized spacial score (nSPS) is 10.6. The molecule has 0 aliphatic heterocycles. The first-order valence-corrected chi connectivity index (χ1v) is 8.74. The van der Waals surface area contributed by atoms with Gasteiger partial charge in [0.2, 0.25) is 0 Å². The van der Waals surface area contributed by atoms with Crippen molar-refractivity contribution in [2.75, 3.05) is 11.9 Å². The van der Waals surface area contributed by atoms with Crippen LogP contribution < -0.4 is 15.7 Å². The summed E-state index contributed by atoms with van der Waals surface area (Å²) in [7, 11) is 0. The molecule has 28 heavy (non-hydrogen) atoms. The van der Waals surface area contributed by atoms with E-state index in [4.69, 9.17) is 9.15 Å². The molecule has 3 aromatic rings. The third kappa shape index (κ3) is 4.35. The van der Waals surface area contributed by atoms with E-state index in [9.17, 15) is 19.7 Å². The van der Waals surface area contributed by atoms with Crippen molar-refractivity contribution >= 4 is 28.3 Å². The number of hydrogen-bond donors (Lipinski definition) is 1. The fraction of sp³-hybridized carbons (Fsp3) is 0.200. The molecule has 3 rings (SSSR count). The molecule has 2 aromatic carbocycles. The minimum absolute atomic E-state index is 0.0960. The molecule has 0 radical (unpaired) electrons. The van der Waals surface area contributed by atoms with Gasteiger partial charge in [-0.05, 0) is 42.8 Å². The first kappa shape index (κ1) is 19.1. The van der Waals surface area contributed by atoms with Crippen molar-refractivity contribution in [1.82, 2.24) is 0 Å². The molecule has 0 spiro atoms. The van der Waals surface area contributed by atoms with Crippen LogP contribution in [0.5, 0.6) is 5.75 Å². The smallest absolute Gasteiger partial charge is 0.360 e. The number of carbonyl (C=O) groups is 1. The van der Waals surface area contributed by atoms with Gasteiger partial charge < -0.3 is 14.5 Å². The van der Waals surface area contributed by atoms with Crippen LogP contribution in [0.4, 0.5) is 11.4 Å². The third-order valence-electron chi connectivity index (χ3n) is 4.06. The van der Waals surface area contributed by atoms with Crippen LogP contribution in [0.1, 0.15) is 30.1 Å². The maximum atomic E-state index is 12.4. The Morgan fingerprint density at radius 2 is 1.93 bits per heavy atom. The number of nitro benzene ring substituents is 1. The zero-order chi connectivity index (χ0) is 20.1. The monoisotopic (exact) mass is 382 g/mol. The second-order valence-corrected chi connectivity index (χ2v) is 6.11. The van der Waals surface area contributed by atoms with Crippen LogP contribution in [0.2, 0.25) is 0 Å². The molecule has 1 amide bonds. The molecule has 0 aliphatic carbocycles. The Bertz CT molecular complexity index is 1070. The summed E-state index contributed by atoms with van der Waals surface area (Å²) < 4.78 is 10.7. The first-order valence-electron chi connectivity index (χ1n) is 8.74. The minimum Gasteiger partial charge on any atom is -0.494 e. The van der Waals surface area contributed by atoms with Crippen molar-refractivity contribution in [3.8, 4) is 5.75 Å². The van der Waals surface area contributed by atoms with Gasteiger partial charge in [0.1, 0.15) is 17.0 Å². The highest BCUT2D eigenvalue weighted by molar-refractivity contribution is 6.04. The van der Waals surface area contributed by atoms with E-state index in [2.05, 4.69) is 12.2 Å². The minimum atomic E-state index is -0.741. The number of hydrogen-bond acceptors (Lipinski definition) is 6. The van der Waals surface area contributed by atoms with Crippen molar-refractivity contribution in [2.24, 2.45) is 0 Å². The maximum Gasteiger partial charge on any atom is 0.360 e. The van der Waals surface area contributed by atoms with Gasteiger partial charge >= 0.3 is 5.63 Å². The highest BCUT2D eigenvalue weighted by atomic mass is 16.6. The lowest BCUT2D eigenvalue weighted by molar-refractivity contribution is -0.384. The molecule has 0 saturated heterocycles. The Balaban J connectivity index is 1.79. The van der Waals surface area contributed by atoms with Crippen LogP contribution in [0.3, 0.4) is 0 Å². The molecule has 0 atom stereocenters. The highest BCUT2D eigenvalue weighted by Crippen LogP contribution is 2.22. The van der Waals surface area contributed by atoms with E-state index < -0.39 is 16.5 Å². The summed E-state index contributed by atoms with van der Waals surface area (Å²) >= 11 is 0. The van der Waals surface area contributed by atoms with Crippen molar-refractivity contribution < 1.29 is 18.9 Å². The van der Waals surface area contributed by atoms with Gasteiger partial charge in [-0.15, -0.1) is 0 Å². The lowest BCUT2D eigenvalue weighted by Crippen LogP contribution is -2.17. The molecule has 0 saturated carbocycles. The Kier molecular flexibility index (Phi) is 5.69. The molecule has 1 aromatic heterocycles. The Morgan fingerprint density at radius 1 is 1.18 bits per heavy atom. The van der Waals surface area contributed by atoms with Crippen LogP contribution in [-0.2, 0) is 0 Å². The number of unbranched alkanes of at least 4 members (excludes halogenated alkanes) is 1. The number of nitrogens with zero attached hydrogens (tertiary/aromatic N) is 1. The number of fused-ring (bicyclic) bond motifs is 1. The van der Waals surface area contributed by atoms with Crippen LogP contribution in [0, 0.1) is 10.1 Å². The van der Waals surface area contributed by atoms with E-state index in [-0.39, 0.29) is 17.0 Å². The molecule has 8 heteroatoms. The van der Waals surface area contributed by atoms with Gasteiger partial charge in [0.25, 0.3) is 11.6 Å². The Hall–Kier alpha value is -3.68. The molecule has 8 nitrogen and oxygen atoms in total. The molecule has 0 aliphatic rings. The summed E-state index contributed by atoms with van der Waals surface area (Å²) in [6.07, 6.45) is 1.97. The van der Waals surface area contributed by atoms with E-state index in [0.717, 1.165) is 12.8 Å². The van der Waals surface area contributed by atoms with Crippen molar-refractivity contribution in [1.29, 1.82) is 0 Å². The summed E-state index contributed by atoms with van der Waals surface area (Å²) in [4.78, 5) is 34.8. The van der Waals surface area contributed by atoms with Gasteiger partial charge in [-0.1, -0.05) is 13.3 Å². The van der Waals surface area contributed by atoms with E-state index in [1.165, 1.54) is 24.3 Å². The first-order chi connectivity index (χ1) is 13.5. The van der Waals surface area contributed by atoms with Gasteiger partial charge in [-0.3, -0.25) is 14.9 Å². The van der Waals surface area contributed by atoms with Crippen molar-refractivity contribution in [3.63, 3.8) is 0 Å². The topological polar surface area (TPSA) is 112 Å². The molecular formula is C20H18N2O6. The second-order valence-electron chi connectivity index (χ2n) is 6.11. The number of carbonyl (C=O) groups excluding carboxylic acids is 1. The highest BCUT2D eigenvalue weighted by Gasteiger charge is 2.13. The quantitative estimate of drug-likeness (QED) is 0.285. The fourth-order valence-electron chi connectivity index (χ4n) is 2.54. The molecule has 0 fully saturated rings. The third-order valence-corrected chi connectivity index (χ3v) is 4.06. The zero-order valence-electron chi connectivity index (χ0n) is 15.1. The van der Waals surface area contributed by atoms with Crippen LogP contribution in [0.15, 0.2) is 57.7 Å². The molecule has 0 bridgehead atoms. The lowest BCUT2D eigenvalue weighted by Gasteiger charge is -2.07. The second kappa shape index (κ2) is 8.34. The number of amides is 1. The van der Waals surface area contributed by atoms with Crippen molar-refractivity contribution in [2.45, 2.75) is 19.8 Å². The van der Waals surface area contributed by atoms with Gasteiger partial charge in [0.05, 0.1) is 11.5 Å². The standard InChI is InChI=1S/C20H18N2O6/c1-2-3-10-27-16-7-4-13(5-8-16)19(23)21-17-12-14-11-15(22(25)26)6-9-18(14)28-20(17)24/h4-9,11-12H,2-3,10H2,1H3,(H,21,23).